The van der Waals surface area contributed by atoms with Gasteiger partial charge in [-0.05, 0) is 49.5 Å². The van der Waals surface area contributed by atoms with E-state index in [1.54, 1.807) is 33.0 Å². The molecule has 2 unspecified atom stereocenters. The molecule has 3 heterocycles. The fourth-order valence-corrected chi connectivity index (χ4v) is 5.40. The van der Waals surface area contributed by atoms with Crippen LogP contribution in [-0.4, -0.2) is 25.6 Å². The minimum Gasteiger partial charge on any atom is -0.611 e. The van der Waals surface area contributed by atoms with Crippen LogP contribution in [0, 0.1) is 16.7 Å². The highest BCUT2D eigenvalue weighted by Gasteiger charge is 2.46. The summed E-state index contributed by atoms with van der Waals surface area (Å²) in [5.41, 5.74) is 1.10. The maximum absolute atomic E-state index is 14.2. The maximum atomic E-state index is 14.2. The number of rotatable bonds is 7. The summed E-state index contributed by atoms with van der Waals surface area (Å²) in [7, 11) is 0. The van der Waals surface area contributed by atoms with Crippen LogP contribution in [0.3, 0.4) is 0 Å². The Morgan fingerprint density at radius 1 is 1.41 bits per heavy atom. The number of nitrogens with zero attached hydrogens (tertiary/aromatic N) is 4. The Morgan fingerprint density at radius 3 is 2.62 bits per heavy atom. The lowest BCUT2D eigenvalue weighted by atomic mass is 9.92. The summed E-state index contributed by atoms with van der Waals surface area (Å²) < 4.78 is 42.6. The number of nitriles is 1. The molecule has 1 aliphatic heterocycles. The molecule has 178 valence electrons. The molecule has 2 aromatic rings. The standard InChI is InChI=1S/C25H26F2N4O2S/c1-6-31-19(24(5,26)27)11-17-20(23(31)32)14(3)21(30-17)22-18(34(33)7-2)10-16(12-29-22)15(4)25(13-28)8-9-25/h10-12,14H,4,6-9H2,1-3,5H3. The number of pyridine rings is 2. The van der Waals surface area contributed by atoms with Crippen molar-refractivity contribution in [2.45, 2.75) is 63.8 Å². The molecule has 0 N–H and O–H groups in total. The van der Waals surface area contributed by atoms with E-state index in [1.807, 2.05) is 0 Å². The third-order valence-corrected chi connectivity index (χ3v) is 7.98. The highest BCUT2D eigenvalue weighted by atomic mass is 32.2. The zero-order valence-corrected chi connectivity index (χ0v) is 20.4. The van der Waals surface area contributed by atoms with Gasteiger partial charge in [-0.2, -0.15) is 5.26 Å². The Morgan fingerprint density at radius 2 is 2.09 bits per heavy atom. The Hall–Kier alpha value is -2.83. The number of allylic oxidation sites excluding steroid dienone is 1. The number of alkyl halides is 2. The maximum Gasteiger partial charge on any atom is 0.285 e. The SMILES string of the molecule is C=C(c1cnc(C2=Nc3cc(C(C)(F)F)n(CC)c(=O)c3C2C)c([S+]([O-])CC)c1)C1(C#N)CC1. The van der Waals surface area contributed by atoms with E-state index in [4.69, 9.17) is 0 Å². The lowest BCUT2D eigenvalue weighted by Crippen LogP contribution is -2.31. The second kappa shape index (κ2) is 8.43. The molecule has 1 aliphatic carbocycles. The van der Waals surface area contributed by atoms with Crippen molar-refractivity contribution in [1.82, 2.24) is 9.55 Å². The van der Waals surface area contributed by atoms with E-state index in [1.165, 1.54) is 6.07 Å². The van der Waals surface area contributed by atoms with Gasteiger partial charge in [0, 0.05) is 37.2 Å². The Kier molecular flexibility index (Phi) is 6.03. The predicted octanol–water partition coefficient (Wildman–Crippen LogP) is 5.06. The smallest absolute Gasteiger partial charge is 0.285 e. The third-order valence-electron chi connectivity index (χ3n) is 6.66. The number of halogens is 2. The molecule has 9 heteroatoms. The van der Waals surface area contributed by atoms with Crippen LogP contribution in [-0.2, 0) is 23.6 Å². The lowest BCUT2D eigenvalue weighted by molar-refractivity contribution is 0.00803. The monoisotopic (exact) mass is 484 g/mol. The molecule has 0 spiro atoms. The highest BCUT2D eigenvalue weighted by molar-refractivity contribution is 7.91. The molecule has 1 fully saturated rings. The van der Waals surface area contributed by atoms with E-state index >= 15 is 0 Å². The van der Waals surface area contributed by atoms with Crippen LogP contribution in [0.25, 0.3) is 5.57 Å². The zero-order valence-electron chi connectivity index (χ0n) is 19.6. The van der Waals surface area contributed by atoms with E-state index in [0.717, 1.165) is 24.3 Å². The van der Waals surface area contributed by atoms with E-state index in [0.29, 0.717) is 38.8 Å². The van der Waals surface area contributed by atoms with Crippen molar-refractivity contribution >= 4 is 28.1 Å². The number of fused-ring (bicyclic) bond motifs is 1. The molecule has 0 radical (unpaired) electrons. The lowest BCUT2D eigenvalue weighted by Gasteiger charge is -2.19. The van der Waals surface area contributed by atoms with Crippen molar-refractivity contribution < 1.29 is 13.3 Å². The first-order valence-corrected chi connectivity index (χ1v) is 12.5. The van der Waals surface area contributed by atoms with Crippen molar-refractivity contribution in [3.63, 3.8) is 0 Å². The average molecular weight is 485 g/mol. The van der Waals surface area contributed by atoms with Crippen molar-refractivity contribution in [3.8, 4) is 6.07 Å². The molecule has 2 aliphatic rings. The van der Waals surface area contributed by atoms with Crippen molar-refractivity contribution in [1.29, 1.82) is 5.26 Å². The number of hydrogen-bond acceptors (Lipinski definition) is 5. The molecule has 4 rings (SSSR count). The minimum absolute atomic E-state index is 0.105. The van der Waals surface area contributed by atoms with Gasteiger partial charge in [-0.1, -0.05) is 13.5 Å². The molecule has 2 aromatic heterocycles. The molecule has 1 saturated carbocycles. The highest BCUT2D eigenvalue weighted by Crippen LogP contribution is 2.54. The summed E-state index contributed by atoms with van der Waals surface area (Å²) in [6, 6.07) is 5.31. The first-order chi connectivity index (χ1) is 16.0. The number of aromatic nitrogens is 2. The van der Waals surface area contributed by atoms with Gasteiger partial charge in [0.25, 0.3) is 11.5 Å². The minimum atomic E-state index is -3.21. The zero-order chi connectivity index (χ0) is 25.0. The molecule has 0 bridgehead atoms. The second-order valence-corrected chi connectivity index (χ2v) is 10.6. The number of hydrogen-bond donors (Lipinski definition) is 0. The Bertz CT molecular complexity index is 1320. The summed E-state index contributed by atoms with van der Waals surface area (Å²) >= 11 is -1.41. The van der Waals surface area contributed by atoms with E-state index in [2.05, 4.69) is 22.6 Å². The van der Waals surface area contributed by atoms with Crippen LogP contribution in [0.5, 0.6) is 0 Å². The molecule has 0 saturated heterocycles. The molecule has 0 amide bonds. The topological polar surface area (TPSA) is 94.1 Å². The molecular weight excluding hydrogens is 458 g/mol. The van der Waals surface area contributed by atoms with Crippen molar-refractivity contribution in [3.05, 3.63) is 57.8 Å². The van der Waals surface area contributed by atoms with Crippen LogP contribution in [0.4, 0.5) is 14.5 Å². The van der Waals surface area contributed by atoms with Gasteiger partial charge in [-0.25, -0.2) is 18.8 Å². The first kappa shape index (κ1) is 24.3. The summed E-state index contributed by atoms with van der Waals surface area (Å²) in [5.74, 6) is -3.39. The first-order valence-electron chi connectivity index (χ1n) is 11.2. The average Bonchev–Trinajstić information content (AvgIpc) is 3.54. The van der Waals surface area contributed by atoms with Crippen LogP contribution in [0.1, 0.15) is 69.0 Å². The second-order valence-electron chi connectivity index (χ2n) is 8.86. The van der Waals surface area contributed by atoms with Gasteiger partial charge >= 0.3 is 0 Å². The quantitative estimate of drug-likeness (QED) is 0.514. The molecule has 6 nitrogen and oxygen atoms in total. The number of aliphatic imine (C=N–C) groups is 1. The van der Waals surface area contributed by atoms with Crippen molar-refractivity contribution in [2.24, 2.45) is 10.4 Å². The van der Waals surface area contributed by atoms with Gasteiger partial charge in [0.05, 0.1) is 34.1 Å². The molecular formula is C25H26F2N4O2S. The summed E-state index contributed by atoms with van der Waals surface area (Å²) in [6.45, 7) is 10.2. The Balaban J connectivity index is 1.85. The van der Waals surface area contributed by atoms with Gasteiger partial charge in [-0.3, -0.25) is 4.79 Å². The summed E-state index contributed by atoms with van der Waals surface area (Å²) in [6.07, 6.45) is 3.03. The third kappa shape index (κ3) is 3.79. The van der Waals surface area contributed by atoms with E-state index in [-0.39, 0.29) is 17.9 Å². The molecule has 0 aromatic carbocycles. The van der Waals surface area contributed by atoms with E-state index < -0.39 is 34.0 Å². The van der Waals surface area contributed by atoms with Gasteiger partial charge < -0.3 is 9.12 Å². The fraction of sp³-hybridized carbons (Fsp3) is 0.440. The summed E-state index contributed by atoms with van der Waals surface area (Å²) in [5, 5.41) is 9.53. The predicted molar refractivity (Wildman–Crippen MR) is 128 cm³/mol. The summed E-state index contributed by atoms with van der Waals surface area (Å²) in [4.78, 5) is 22.7. The van der Waals surface area contributed by atoms with Gasteiger partial charge in [0.1, 0.15) is 11.4 Å². The van der Waals surface area contributed by atoms with Crippen LogP contribution < -0.4 is 5.56 Å². The normalized spacial score (nSPS) is 19.2. The van der Waals surface area contributed by atoms with Crippen LogP contribution in [0.15, 0.2) is 39.6 Å². The van der Waals surface area contributed by atoms with Crippen molar-refractivity contribution in [2.75, 3.05) is 5.75 Å². The van der Waals surface area contributed by atoms with Gasteiger partial charge in [0.15, 0.2) is 4.90 Å². The van der Waals surface area contributed by atoms with Gasteiger partial charge in [-0.15, -0.1) is 0 Å². The largest absolute Gasteiger partial charge is 0.611 e. The molecule has 2 atom stereocenters. The fourth-order valence-electron chi connectivity index (χ4n) is 4.46. The van der Waals surface area contributed by atoms with E-state index in [9.17, 15) is 23.4 Å². The van der Waals surface area contributed by atoms with Crippen LogP contribution in [0.2, 0.25) is 0 Å². The Labute approximate surface area is 200 Å². The molecule has 34 heavy (non-hydrogen) atoms. The van der Waals surface area contributed by atoms with Gasteiger partial charge in [0.2, 0.25) is 0 Å². The van der Waals surface area contributed by atoms with Crippen LogP contribution >= 0.6 is 0 Å².